The third kappa shape index (κ3) is 2.45. The maximum Gasteiger partial charge on any atom is 0.346 e. The summed E-state index contributed by atoms with van der Waals surface area (Å²) in [5.41, 5.74) is 1.04. The molecule has 2 aromatic heterocycles. The molecule has 106 valence electrons. The number of anilines is 1. The van der Waals surface area contributed by atoms with Crippen molar-refractivity contribution < 1.29 is 0 Å². The molecule has 0 amide bonds. The number of nitrogens with one attached hydrogen (secondary N) is 1. The van der Waals surface area contributed by atoms with Gasteiger partial charge in [-0.05, 0) is 37.5 Å². The Bertz CT molecular complexity index is 658. The van der Waals surface area contributed by atoms with Crippen LogP contribution in [0.5, 0.6) is 0 Å². The largest absolute Gasteiger partial charge is 0.370 e. The lowest BCUT2D eigenvalue weighted by atomic mass is 10.2. The smallest absolute Gasteiger partial charge is 0.346 e. The molecule has 2 aromatic rings. The topological polar surface area (TPSA) is 64.7 Å². The van der Waals surface area contributed by atoms with E-state index in [-0.39, 0.29) is 5.69 Å². The zero-order valence-corrected chi connectivity index (χ0v) is 11.7. The van der Waals surface area contributed by atoms with Crippen molar-refractivity contribution in [1.29, 1.82) is 0 Å². The summed E-state index contributed by atoms with van der Waals surface area (Å²) in [4.78, 5) is 16.5. The van der Waals surface area contributed by atoms with Crippen LogP contribution in [0.15, 0.2) is 23.1 Å². The van der Waals surface area contributed by atoms with Crippen molar-refractivity contribution in [3.05, 3.63) is 40.2 Å². The number of nitrogens with zero attached hydrogens (tertiary/aromatic N) is 4. The van der Waals surface area contributed by atoms with Crippen molar-refractivity contribution in [2.75, 3.05) is 11.9 Å². The molecular formula is C14H19N5O. The van der Waals surface area contributed by atoms with E-state index in [4.69, 9.17) is 0 Å². The number of pyridine rings is 1. The van der Waals surface area contributed by atoms with E-state index < -0.39 is 0 Å². The average Bonchev–Trinajstić information content (AvgIpc) is 2.77. The summed E-state index contributed by atoms with van der Waals surface area (Å²) in [6, 6.07) is 3.89. The zero-order chi connectivity index (χ0) is 13.9. The van der Waals surface area contributed by atoms with Crippen molar-refractivity contribution in [3.8, 4) is 0 Å². The molecule has 3 heterocycles. The van der Waals surface area contributed by atoms with Gasteiger partial charge in [0.05, 0.1) is 6.54 Å². The Morgan fingerprint density at radius 1 is 1.40 bits per heavy atom. The predicted molar refractivity (Wildman–Crippen MR) is 76.9 cm³/mol. The van der Waals surface area contributed by atoms with Gasteiger partial charge < -0.3 is 5.32 Å². The summed E-state index contributed by atoms with van der Waals surface area (Å²) >= 11 is 0. The lowest BCUT2D eigenvalue weighted by molar-refractivity contribution is 0.511. The molecule has 3 rings (SSSR count). The Morgan fingerprint density at radius 2 is 2.30 bits per heavy atom. The number of aryl methyl sites for hydroxylation is 1. The second kappa shape index (κ2) is 5.48. The van der Waals surface area contributed by atoms with Crippen LogP contribution in [0, 0.1) is 0 Å². The van der Waals surface area contributed by atoms with Crippen LogP contribution in [-0.4, -0.2) is 25.9 Å². The van der Waals surface area contributed by atoms with Gasteiger partial charge in [-0.2, -0.15) is 5.10 Å². The average molecular weight is 273 g/mol. The quantitative estimate of drug-likeness (QED) is 0.910. The summed E-state index contributed by atoms with van der Waals surface area (Å²) < 4.78 is 3.36. The van der Waals surface area contributed by atoms with Gasteiger partial charge in [0.1, 0.15) is 11.6 Å². The molecule has 6 heteroatoms. The summed E-state index contributed by atoms with van der Waals surface area (Å²) in [5.74, 6) is 1.75. The molecule has 1 aliphatic rings. The van der Waals surface area contributed by atoms with Crippen LogP contribution < -0.4 is 11.0 Å². The van der Waals surface area contributed by atoms with Gasteiger partial charge in [-0.25, -0.2) is 14.5 Å². The molecule has 0 radical (unpaired) electrons. The van der Waals surface area contributed by atoms with E-state index in [0.717, 1.165) is 49.6 Å². The second-order valence-electron chi connectivity index (χ2n) is 5.04. The van der Waals surface area contributed by atoms with Crippen molar-refractivity contribution in [1.82, 2.24) is 19.3 Å². The zero-order valence-electron chi connectivity index (χ0n) is 11.7. The van der Waals surface area contributed by atoms with E-state index in [2.05, 4.69) is 15.4 Å². The maximum absolute atomic E-state index is 12.3. The third-order valence-electron chi connectivity index (χ3n) is 3.55. The van der Waals surface area contributed by atoms with Gasteiger partial charge in [0.25, 0.3) is 0 Å². The third-order valence-corrected chi connectivity index (χ3v) is 3.55. The van der Waals surface area contributed by atoms with Crippen molar-refractivity contribution in [2.24, 2.45) is 0 Å². The van der Waals surface area contributed by atoms with Gasteiger partial charge in [0.15, 0.2) is 0 Å². The molecule has 6 nitrogen and oxygen atoms in total. The van der Waals surface area contributed by atoms with Crippen LogP contribution >= 0.6 is 0 Å². The first kappa shape index (κ1) is 12.9. The fraction of sp³-hybridized carbons (Fsp3) is 0.500. The van der Waals surface area contributed by atoms with Gasteiger partial charge in [-0.15, -0.1) is 0 Å². The molecule has 0 fully saturated rings. The Morgan fingerprint density at radius 3 is 3.10 bits per heavy atom. The predicted octanol–water partition coefficient (Wildman–Crippen LogP) is 1.26. The first-order valence-corrected chi connectivity index (χ1v) is 7.13. The van der Waals surface area contributed by atoms with Crippen LogP contribution in [0.1, 0.15) is 31.2 Å². The van der Waals surface area contributed by atoms with Gasteiger partial charge in [-0.1, -0.05) is 0 Å². The standard InChI is InChI=1S/C14H19N5O/c1-2-15-12-9-11(6-7-16-12)10-19-14(20)18-8-4-3-5-13(18)17-19/h6-7,9H,2-5,8,10H2,1H3,(H,15,16). The highest BCUT2D eigenvalue weighted by atomic mass is 16.2. The summed E-state index contributed by atoms with van der Waals surface area (Å²) in [6.45, 7) is 4.16. The molecule has 1 aliphatic heterocycles. The van der Waals surface area contributed by atoms with Crippen molar-refractivity contribution >= 4 is 5.82 Å². The monoisotopic (exact) mass is 273 g/mol. The highest BCUT2D eigenvalue weighted by Gasteiger charge is 2.16. The number of hydrogen-bond acceptors (Lipinski definition) is 4. The minimum Gasteiger partial charge on any atom is -0.370 e. The van der Waals surface area contributed by atoms with Gasteiger partial charge in [-0.3, -0.25) is 4.57 Å². The Kier molecular flexibility index (Phi) is 3.54. The van der Waals surface area contributed by atoms with Crippen molar-refractivity contribution in [2.45, 2.75) is 39.3 Å². The van der Waals surface area contributed by atoms with E-state index in [1.54, 1.807) is 15.4 Å². The van der Waals surface area contributed by atoms with E-state index in [0.29, 0.717) is 6.54 Å². The Hall–Kier alpha value is -2.11. The van der Waals surface area contributed by atoms with Gasteiger partial charge >= 0.3 is 5.69 Å². The number of hydrogen-bond donors (Lipinski definition) is 1. The lowest BCUT2D eigenvalue weighted by Gasteiger charge is -2.09. The van der Waals surface area contributed by atoms with Crippen LogP contribution in [-0.2, 0) is 19.5 Å². The highest BCUT2D eigenvalue weighted by molar-refractivity contribution is 5.37. The Balaban J connectivity index is 1.86. The Labute approximate surface area is 117 Å². The van der Waals surface area contributed by atoms with Crippen molar-refractivity contribution in [3.63, 3.8) is 0 Å². The molecule has 0 bridgehead atoms. The lowest BCUT2D eigenvalue weighted by Crippen LogP contribution is -2.27. The molecule has 0 saturated carbocycles. The summed E-state index contributed by atoms with van der Waals surface area (Å²) in [5, 5.41) is 7.62. The molecule has 1 N–H and O–H groups in total. The number of rotatable bonds is 4. The van der Waals surface area contributed by atoms with Crippen LogP contribution in [0.4, 0.5) is 5.82 Å². The number of fused-ring (bicyclic) bond motifs is 1. The first-order valence-electron chi connectivity index (χ1n) is 7.13. The van der Waals surface area contributed by atoms with Crippen LogP contribution in [0.2, 0.25) is 0 Å². The fourth-order valence-corrected chi connectivity index (χ4v) is 2.57. The minimum absolute atomic E-state index is 0.00140. The second-order valence-corrected chi connectivity index (χ2v) is 5.04. The molecule has 0 saturated heterocycles. The number of aromatic nitrogens is 4. The van der Waals surface area contributed by atoms with Crippen LogP contribution in [0.25, 0.3) is 0 Å². The van der Waals surface area contributed by atoms with E-state index in [9.17, 15) is 4.79 Å². The fourth-order valence-electron chi connectivity index (χ4n) is 2.57. The minimum atomic E-state index is 0.00140. The van der Waals surface area contributed by atoms with E-state index in [1.165, 1.54) is 0 Å². The van der Waals surface area contributed by atoms with Crippen LogP contribution in [0.3, 0.4) is 0 Å². The van der Waals surface area contributed by atoms with Gasteiger partial charge in [0.2, 0.25) is 0 Å². The molecular weight excluding hydrogens is 254 g/mol. The summed E-state index contributed by atoms with van der Waals surface area (Å²) in [6.07, 6.45) is 4.85. The van der Waals surface area contributed by atoms with E-state index >= 15 is 0 Å². The molecule has 0 unspecified atom stereocenters. The molecule has 0 atom stereocenters. The normalized spacial score (nSPS) is 14.1. The first-order chi connectivity index (χ1) is 9.78. The summed E-state index contributed by atoms with van der Waals surface area (Å²) in [7, 11) is 0. The van der Waals surface area contributed by atoms with E-state index in [1.807, 2.05) is 19.1 Å². The molecule has 0 spiro atoms. The molecule has 0 aliphatic carbocycles. The SMILES string of the molecule is CCNc1cc(Cn2nc3n(c2=O)CCCC3)ccn1. The van der Waals surface area contributed by atoms with Gasteiger partial charge in [0, 0.05) is 25.7 Å². The molecule has 0 aromatic carbocycles. The highest BCUT2D eigenvalue weighted by Crippen LogP contribution is 2.11. The molecule has 20 heavy (non-hydrogen) atoms. The maximum atomic E-state index is 12.3.